The molecule has 1 N–H and O–H groups in total. The van der Waals surface area contributed by atoms with Gasteiger partial charge in [-0.15, -0.1) is 21.5 Å². The molecule has 0 unspecified atom stereocenters. The third kappa shape index (κ3) is 5.08. The first-order valence-corrected chi connectivity index (χ1v) is 12.0. The van der Waals surface area contributed by atoms with Crippen molar-refractivity contribution in [2.45, 2.75) is 56.6 Å². The molecule has 2 aromatic heterocycles. The first-order chi connectivity index (χ1) is 14.2. The highest BCUT2D eigenvalue weighted by molar-refractivity contribution is 7.99. The number of aromatic nitrogens is 3. The maximum Gasteiger partial charge on any atom is 0.234 e. The van der Waals surface area contributed by atoms with Gasteiger partial charge in [0.05, 0.1) is 5.75 Å². The minimum absolute atomic E-state index is 0.0118. The summed E-state index contributed by atoms with van der Waals surface area (Å²) in [6, 6.07) is 12.5. The Morgan fingerprint density at radius 2 is 2.00 bits per heavy atom. The monoisotopic (exact) mass is 426 g/mol. The summed E-state index contributed by atoms with van der Waals surface area (Å²) < 4.78 is 2.31. The summed E-state index contributed by atoms with van der Waals surface area (Å²) >= 11 is 3.24. The number of benzene rings is 1. The molecular weight excluding hydrogens is 400 g/mol. The van der Waals surface area contributed by atoms with Gasteiger partial charge in [0.25, 0.3) is 0 Å². The molecule has 1 aliphatic carbocycles. The van der Waals surface area contributed by atoms with E-state index in [0.29, 0.717) is 11.8 Å². The molecule has 2 heterocycles. The number of para-hydroxylation sites is 1. The molecule has 1 saturated carbocycles. The number of carbonyl (C=O) groups is 1. The fourth-order valence-corrected chi connectivity index (χ4v) is 5.36. The zero-order valence-corrected chi connectivity index (χ0v) is 18.3. The predicted octanol–water partition coefficient (Wildman–Crippen LogP) is 5.47. The van der Waals surface area contributed by atoms with Crippen molar-refractivity contribution in [1.29, 1.82) is 0 Å². The molecular formula is C22H26N4OS2. The van der Waals surface area contributed by atoms with Crippen molar-refractivity contribution in [2.75, 3.05) is 11.1 Å². The highest BCUT2D eigenvalue weighted by Crippen LogP contribution is 2.33. The standard InChI is InChI=1S/C22H26N4OS2/c1-16-8-5-6-12-19(16)23-21(27)15-29-22-25-24-20(14-18-11-7-13-28-18)26(22)17-9-3-2-4-10-17/h5-8,11-13,17H,2-4,9-10,14-15H2,1H3,(H,23,27). The minimum atomic E-state index is -0.0118. The van der Waals surface area contributed by atoms with Gasteiger partial charge in [-0.05, 0) is 42.8 Å². The molecule has 0 saturated heterocycles. The van der Waals surface area contributed by atoms with Gasteiger partial charge in [0.2, 0.25) is 5.91 Å². The van der Waals surface area contributed by atoms with Gasteiger partial charge in [-0.1, -0.05) is 55.3 Å². The molecule has 0 spiro atoms. The lowest BCUT2D eigenvalue weighted by atomic mass is 9.95. The Bertz CT molecular complexity index is 946. The lowest BCUT2D eigenvalue weighted by Crippen LogP contribution is -2.18. The van der Waals surface area contributed by atoms with Crippen LogP contribution in [0.5, 0.6) is 0 Å². The van der Waals surface area contributed by atoms with E-state index in [0.717, 1.165) is 28.7 Å². The number of hydrogen-bond acceptors (Lipinski definition) is 5. The SMILES string of the molecule is Cc1ccccc1NC(=O)CSc1nnc(Cc2cccs2)n1C1CCCCC1. The predicted molar refractivity (Wildman–Crippen MR) is 120 cm³/mol. The van der Waals surface area contributed by atoms with Gasteiger partial charge in [0.1, 0.15) is 5.82 Å². The molecule has 7 heteroatoms. The molecule has 3 aromatic rings. The molecule has 1 amide bonds. The van der Waals surface area contributed by atoms with Crippen LogP contribution in [0.3, 0.4) is 0 Å². The second kappa shape index (κ2) is 9.59. The molecule has 0 aliphatic heterocycles. The average Bonchev–Trinajstić information content (AvgIpc) is 3.39. The smallest absolute Gasteiger partial charge is 0.234 e. The maximum absolute atomic E-state index is 12.5. The summed E-state index contributed by atoms with van der Waals surface area (Å²) in [6.07, 6.45) is 6.94. The molecule has 0 atom stereocenters. The zero-order valence-electron chi connectivity index (χ0n) is 16.6. The first-order valence-electron chi connectivity index (χ1n) is 10.1. The van der Waals surface area contributed by atoms with Gasteiger partial charge in [-0.2, -0.15) is 0 Å². The number of rotatable bonds is 7. The summed E-state index contributed by atoms with van der Waals surface area (Å²) in [4.78, 5) is 13.8. The van der Waals surface area contributed by atoms with Crippen LogP contribution in [0.25, 0.3) is 0 Å². The van der Waals surface area contributed by atoms with Crippen molar-refractivity contribution in [3.63, 3.8) is 0 Å². The van der Waals surface area contributed by atoms with Crippen LogP contribution in [0.2, 0.25) is 0 Å². The number of nitrogens with zero attached hydrogens (tertiary/aromatic N) is 3. The van der Waals surface area contributed by atoms with E-state index in [1.165, 1.54) is 48.7 Å². The third-order valence-electron chi connectivity index (χ3n) is 5.34. The van der Waals surface area contributed by atoms with Crippen LogP contribution in [-0.4, -0.2) is 26.4 Å². The van der Waals surface area contributed by atoms with Crippen molar-refractivity contribution < 1.29 is 4.79 Å². The molecule has 152 valence electrons. The molecule has 1 fully saturated rings. The Kier molecular flexibility index (Phi) is 6.67. The molecule has 0 radical (unpaired) electrons. The van der Waals surface area contributed by atoms with E-state index in [1.807, 2.05) is 31.2 Å². The molecule has 1 aromatic carbocycles. The van der Waals surface area contributed by atoms with Crippen LogP contribution in [-0.2, 0) is 11.2 Å². The van der Waals surface area contributed by atoms with Crippen LogP contribution in [0, 0.1) is 6.92 Å². The van der Waals surface area contributed by atoms with Crippen LogP contribution in [0.1, 0.15) is 54.4 Å². The van der Waals surface area contributed by atoms with Gasteiger partial charge >= 0.3 is 0 Å². The number of thioether (sulfide) groups is 1. The third-order valence-corrected chi connectivity index (χ3v) is 7.16. The summed E-state index contributed by atoms with van der Waals surface area (Å²) in [5, 5.41) is 14.9. The van der Waals surface area contributed by atoms with Crippen LogP contribution in [0.4, 0.5) is 5.69 Å². The van der Waals surface area contributed by atoms with Crippen molar-refractivity contribution in [3.8, 4) is 0 Å². The number of nitrogens with one attached hydrogen (secondary N) is 1. The molecule has 0 bridgehead atoms. The van der Waals surface area contributed by atoms with E-state index >= 15 is 0 Å². The topological polar surface area (TPSA) is 59.8 Å². The zero-order chi connectivity index (χ0) is 20.1. The van der Waals surface area contributed by atoms with Crippen molar-refractivity contribution in [1.82, 2.24) is 14.8 Å². The van der Waals surface area contributed by atoms with E-state index in [4.69, 9.17) is 0 Å². The Morgan fingerprint density at radius 3 is 2.76 bits per heavy atom. The lowest BCUT2D eigenvalue weighted by Gasteiger charge is -2.25. The van der Waals surface area contributed by atoms with Crippen LogP contribution >= 0.6 is 23.1 Å². The Hall–Kier alpha value is -2.12. The number of hydrogen-bond donors (Lipinski definition) is 1. The van der Waals surface area contributed by atoms with Gasteiger partial charge < -0.3 is 9.88 Å². The molecule has 1 aliphatic rings. The second-order valence-electron chi connectivity index (χ2n) is 7.47. The molecule has 5 nitrogen and oxygen atoms in total. The van der Waals surface area contributed by atoms with Crippen molar-refractivity contribution in [3.05, 3.63) is 58.0 Å². The normalized spacial score (nSPS) is 14.8. The number of carbonyl (C=O) groups excluding carboxylic acids is 1. The number of aryl methyl sites for hydroxylation is 1. The van der Waals surface area contributed by atoms with E-state index < -0.39 is 0 Å². The summed E-state index contributed by atoms with van der Waals surface area (Å²) in [5.74, 6) is 1.33. The van der Waals surface area contributed by atoms with Crippen LogP contribution < -0.4 is 5.32 Å². The van der Waals surface area contributed by atoms with Gasteiger partial charge in [-0.3, -0.25) is 4.79 Å². The summed E-state index contributed by atoms with van der Waals surface area (Å²) in [6.45, 7) is 2.00. The number of amides is 1. The molecule has 4 rings (SSSR count). The van der Waals surface area contributed by atoms with E-state index in [9.17, 15) is 4.79 Å². The number of anilines is 1. The summed E-state index contributed by atoms with van der Waals surface area (Å²) in [7, 11) is 0. The van der Waals surface area contributed by atoms with E-state index in [-0.39, 0.29) is 5.91 Å². The highest BCUT2D eigenvalue weighted by Gasteiger charge is 2.23. The lowest BCUT2D eigenvalue weighted by molar-refractivity contribution is -0.113. The van der Waals surface area contributed by atoms with Crippen molar-refractivity contribution in [2.24, 2.45) is 0 Å². The first kappa shape index (κ1) is 20.2. The Balaban J connectivity index is 1.48. The maximum atomic E-state index is 12.5. The van der Waals surface area contributed by atoms with Crippen LogP contribution in [0.15, 0.2) is 46.9 Å². The van der Waals surface area contributed by atoms with Gasteiger partial charge in [-0.25, -0.2) is 0 Å². The fraction of sp³-hybridized carbons (Fsp3) is 0.409. The van der Waals surface area contributed by atoms with Gasteiger partial charge in [0, 0.05) is 23.0 Å². The van der Waals surface area contributed by atoms with Crippen molar-refractivity contribution >= 4 is 34.7 Å². The quantitative estimate of drug-likeness (QED) is 0.509. The average molecular weight is 427 g/mol. The van der Waals surface area contributed by atoms with E-state index in [2.05, 4.69) is 37.6 Å². The minimum Gasteiger partial charge on any atom is -0.325 e. The highest BCUT2D eigenvalue weighted by atomic mass is 32.2. The second-order valence-corrected chi connectivity index (χ2v) is 9.44. The van der Waals surface area contributed by atoms with E-state index in [1.54, 1.807) is 11.3 Å². The largest absolute Gasteiger partial charge is 0.325 e. The van der Waals surface area contributed by atoms with Gasteiger partial charge in [0.15, 0.2) is 5.16 Å². The fourth-order valence-electron chi connectivity index (χ4n) is 3.83. The molecule has 29 heavy (non-hydrogen) atoms. The number of thiophene rings is 1. The summed E-state index contributed by atoms with van der Waals surface area (Å²) in [5.41, 5.74) is 1.93. The Labute approximate surface area is 179 Å². The Morgan fingerprint density at radius 1 is 1.17 bits per heavy atom.